The summed E-state index contributed by atoms with van der Waals surface area (Å²) in [5.74, 6) is 0.750. The topological polar surface area (TPSA) is 42.8 Å². The van der Waals surface area contributed by atoms with Crippen molar-refractivity contribution >= 4 is 5.82 Å². The maximum Gasteiger partial charge on any atom is 0.164 e. The van der Waals surface area contributed by atoms with E-state index in [-0.39, 0.29) is 0 Å². The molecule has 7 heavy (non-hydrogen) atoms. The summed E-state index contributed by atoms with van der Waals surface area (Å²) in [4.78, 5) is 6.59. The first-order chi connectivity index (χ1) is 3.43. The lowest BCUT2D eigenvalue weighted by Gasteiger charge is -1.79. The molecule has 37 valence electrons. The Morgan fingerprint density at radius 1 is 1.86 bits per heavy atom. The molecule has 3 nitrogen and oxygen atoms in total. The lowest BCUT2D eigenvalue weighted by atomic mass is 10.8. The van der Waals surface area contributed by atoms with Crippen LogP contribution in [0.5, 0.6) is 0 Å². The zero-order chi connectivity index (χ0) is 5.11. The van der Waals surface area contributed by atoms with Crippen LogP contribution in [0.1, 0.15) is 0 Å². The molecular weight excluding hydrogens is 90.1 g/mol. The van der Waals surface area contributed by atoms with Crippen molar-refractivity contribution in [3.05, 3.63) is 12.5 Å². The van der Waals surface area contributed by atoms with Gasteiger partial charge in [0.2, 0.25) is 0 Å². The van der Waals surface area contributed by atoms with Crippen LogP contribution in [0.15, 0.2) is 12.5 Å². The van der Waals surface area contributed by atoms with Gasteiger partial charge in [-0.1, -0.05) is 0 Å². The number of hydrogen-bond acceptors (Lipinski definition) is 1. The molecule has 1 rings (SSSR count). The van der Waals surface area contributed by atoms with Crippen LogP contribution < -0.4 is 5.32 Å². The van der Waals surface area contributed by atoms with Crippen molar-refractivity contribution in [2.45, 2.75) is 0 Å². The number of hydrogen-bond donors (Lipinski definition) is 1. The predicted octanol–water partition coefficient (Wildman–Crippen LogP) is 0.275. The number of H-pyrrole nitrogens is 1. The van der Waals surface area contributed by atoms with E-state index in [0.29, 0.717) is 0 Å². The minimum Gasteiger partial charge on any atom is -0.349 e. The first-order valence-corrected chi connectivity index (χ1v) is 2.02. The van der Waals surface area contributed by atoms with E-state index in [0.717, 1.165) is 5.82 Å². The van der Waals surface area contributed by atoms with E-state index in [1.54, 1.807) is 19.6 Å². The monoisotopic (exact) mass is 96.1 g/mol. The van der Waals surface area contributed by atoms with Crippen LogP contribution in [0.25, 0.3) is 0 Å². The van der Waals surface area contributed by atoms with Crippen LogP contribution in [0.2, 0.25) is 0 Å². The van der Waals surface area contributed by atoms with Crippen LogP contribution in [0, 0.1) is 0 Å². The van der Waals surface area contributed by atoms with E-state index in [4.69, 9.17) is 0 Å². The number of aromatic amines is 1. The SMILES string of the molecule is C[N]c1c[nH]cn1. The second-order valence-electron chi connectivity index (χ2n) is 1.15. The molecule has 0 aliphatic rings. The zero-order valence-electron chi connectivity index (χ0n) is 4.05. The molecule has 0 aliphatic carbocycles. The standard InChI is InChI=1S/C4H6N3/c1-5-4-2-6-3-7-4/h2-3H,1H3,(H,6,7). The highest BCUT2D eigenvalue weighted by Crippen LogP contribution is 1.93. The molecule has 0 bridgehead atoms. The van der Waals surface area contributed by atoms with Crippen LogP contribution in [0.4, 0.5) is 5.82 Å². The van der Waals surface area contributed by atoms with E-state index in [2.05, 4.69) is 15.3 Å². The van der Waals surface area contributed by atoms with Gasteiger partial charge in [-0.2, -0.15) is 0 Å². The Kier molecular flexibility index (Phi) is 0.978. The third-order valence-electron chi connectivity index (χ3n) is 0.713. The number of nitrogens with zero attached hydrogens (tertiary/aromatic N) is 2. The van der Waals surface area contributed by atoms with E-state index in [1.165, 1.54) is 0 Å². The molecule has 1 aromatic rings. The smallest absolute Gasteiger partial charge is 0.164 e. The van der Waals surface area contributed by atoms with Gasteiger partial charge in [0.1, 0.15) is 0 Å². The zero-order valence-corrected chi connectivity index (χ0v) is 4.05. The molecule has 0 aliphatic heterocycles. The van der Waals surface area contributed by atoms with Gasteiger partial charge in [0.25, 0.3) is 0 Å². The molecule has 0 atom stereocenters. The fourth-order valence-corrected chi connectivity index (χ4v) is 0.375. The van der Waals surface area contributed by atoms with Crippen LogP contribution >= 0.6 is 0 Å². The highest BCUT2D eigenvalue weighted by molar-refractivity contribution is 5.18. The Labute approximate surface area is 41.8 Å². The molecule has 1 aromatic heterocycles. The molecular formula is C4H6N3. The van der Waals surface area contributed by atoms with E-state index < -0.39 is 0 Å². The number of aromatic nitrogens is 2. The molecule has 0 fully saturated rings. The Balaban J connectivity index is 2.76. The molecule has 0 aromatic carbocycles. The Hall–Kier alpha value is -0.990. The van der Waals surface area contributed by atoms with Gasteiger partial charge in [0.15, 0.2) is 5.82 Å². The molecule has 3 heteroatoms. The number of nitrogens with one attached hydrogen (secondary N) is 1. The minimum atomic E-state index is 0.750. The maximum absolute atomic E-state index is 3.81. The first kappa shape index (κ1) is 4.18. The van der Waals surface area contributed by atoms with Gasteiger partial charge in [0, 0.05) is 13.2 Å². The summed E-state index contributed by atoms with van der Waals surface area (Å²) in [6.07, 6.45) is 3.34. The number of imidazole rings is 1. The van der Waals surface area contributed by atoms with E-state index in [9.17, 15) is 0 Å². The molecule has 1 radical (unpaired) electrons. The van der Waals surface area contributed by atoms with Gasteiger partial charge in [0.05, 0.1) is 6.33 Å². The van der Waals surface area contributed by atoms with Gasteiger partial charge in [-0.3, -0.25) is 5.32 Å². The van der Waals surface area contributed by atoms with Gasteiger partial charge in [-0.05, 0) is 0 Å². The first-order valence-electron chi connectivity index (χ1n) is 2.02. The fourth-order valence-electron chi connectivity index (χ4n) is 0.375. The molecule has 0 saturated heterocycles. The van der Waals surface area contributed by atoms with Crippen molar-refractivity contribution in [2.24, 2.45) is 0 Å². The van der Waals surface area contributed by atoms with E-state index >= 15 is 0 Å². The molecule has 0 amide bonds. The van der Waals surface area contributed by atoms with Crippen molar-refractivity contribution < 1.29 is 0 Å². The summed E-state index contributed by atoms with van der Waals surface area (Å²) in [5.41, 5.74) is 0. The minimum absolute atomic E-state index is 0.750. The molecule has 0 unspecified atom stereocenters. The third kappa shape index (κ3) is 0.707. The van der Waals surface area contributed by atoms with Crippen LogP contribution in [-0.4, -0.2) is 17.0 Å². The molecule has 1 heterocycles. The highest BCUT2D eigenvalue weighted by Gasteiger charge is 1.83. The van der Waals surface area contributed by atoms with Crippen molar-refractivity contribution in [1.29, 1.82) is 0 Å². The second-order valence-corrected chi connectivity index (χ2v) is 1.15. The quantitative estimate of drug-likeness (QED) is 0.536. The lowest BCUT2D eigenvalue weighted by Crippen LogP contribution is -1.83. The van der Waals surface area contributed by atoms with Crippen molar-refractivity contribution in [2.75, 3.05) is 7.05 Å². The third-order valence-corrected chi connectivity index (χ3v) is 0.713. The van der Waals surface area contributed by atoms with Crippen LogP contribution in [-0.2, 0) is 0 Å². The summed E-state index contributed by atoms with van der Waals surface area (Å²) < 4.78 is 0. The van der Waals surface area contributed by atoms with E-state index in [1.807, 2.05) is 0 Å². The maximum atomic E-state index is 3.81. The molecule has 0 saturated carbocycles. The Morgan fingerprint density at radius 3 is 3.00 bits per heavy atom. The second kappa shape index (κ2) is 1.64. The van der Waals surface area contributed by atoms with Gasteiger partial charge >= 0.3 is 0 Å². The average Bonchev–Trinajstić information content (AvgIpc) is 2.14. The van der Waals surface area contributed by atoms with Crippen LogP contribution in [0.3, 0.4) is 0 Å². The van der Waals surface area contributed by atoms with Crippen molar-refractivity contribution in [3.63, 3.8) is 0 Å². The van der Waals surface area contributed by atoms with Gasteiger partial charge in [-0.25, -0.2) is 4.98 Å². The fraction of sp³-hybridized carbons (Fsp3) is 0.250. The van der Waals surface area contributed by atoms with Gasteiger partial charge in [-0.15, -0.1) is 0 Å². The van der Waals surface area contributed by atoms with Gasteiger partial charge < -0.3 is 4.98 Å². The summed E-state index contributed by atoms with van der Waals surface area (Å²) in [6.45, 7) is 0. The predicted molar refractivity (Wildman–Crippen MR) is 26.3 cm³/mol. The normalized spacial score (nSPS) is 8.71. The lowest BCUT2D eigenvalue weighted by molar-refractivity contribution is 1.04. The average molecular weight is 96.1 g/mol. The Morgan fingerprint density at radius 2 is 2.71 bits per heavy atom. The van der Waals surface area contributed by atoms with Crippen molar-refractivity contribution in [1.82, 2.24) is 15.3 Å². The highest BCUT2D eigenvalue weighted by atomic mass is 15.0. The summed E-state index contributed by atoms with van der Waals surface area (Å²) >= 11 is 0. The summed E-state index contributed by atoms with van der Waals surface area (Å²) in [7, 11) is 1.70. The summed E-state index contributed by atoms with van der Waals surface area (Å²) in [5, 5.41) is 3.79. The molecule has 1 N–H and O–H groups in total. The Bertz CT molecular complexity index is 121. The van der Waals surface area contributed by atoms with Crippen molar-refractivity contribution in [3.8, 4) is 0 Å². The molecule has 0 spiro atoms. The summed E-state index contributed by atoms with van der Waals surface area (Å²) in [6, 6.07) is 0. The number of rotatable bonds is 1. The largest absolute Gasteiger partial charge is 0.349 e.